The zero-order valence-corrected chi connectivity index (χ0v) is 11.8. The van der Waals surface area contributed by atoms with Crippen LogP contribution in [0.25, 0.3) is 0 Å². The lowest BCUT2D eigenvalue weighted by Crippen LogP contribution is -2.60. The minimum absolute atomic E-state index is 0.0662. The largest absolute Gasteiger partial charge is 0.478 e. The second-order valence-electron chi connectivity index (χ2n) is 5.65. The standard InChI is InChI=1S/C13H21N3O3/c1-13(2)10(5-11(13)19-4)14-7-9-8(12(17)18)6-15-16(9)3/h6,10-11,14H,5,7H2,1-4H3,(H,17,18). The zero-order valence-electron chi connectivity index (χ0n) is 11.8. The highest BCUT2D eigenvalue weighted by atomic mass is 16.5. The van der Waals surface area contributed by atoms with Gasteiger partial charge in [0.15, 0.2) is 0 Å². The van der Waals surface area contributed by atoms with E-state index in [-0.39, 0.29) is 17.1 Å². The number of nitrogens with one attached hydrogen (secondary N) is 1. The van der Waals surface area contributed by atoms with Crippen LogP contribution in [0.15, 0.2) is 6.20 Å². The Balaban J connectivity index is 2.01. The van der Waals surface area contributed by atoms with E-state index < -0.39 is 5.97 Å². The van der Waals surface area contributed by atoms with Crippen LogP contribution < -0.4 is 5.32 Å². The molecule has 0 aliphatic heterocycles. The molecule has 0 amide bonds. The number of hydrogen-bond acceptors (Lipinski definition) is 4. The van der Waals surface area contributed by atoms with Crippen LogP contribution in [0, 0.1) is 5.41 Å². The molecule has 0 spiro atoms. The fraction of sp³-hybridized carbons (Fsp3) is 0.692. The van der Waals surface area contributed by atoms with Gasteiger partial charge in [-0.1, -0.05) is 13.8 Å². The Morgan fingerprint density at radius 2 is 2.37 bits per heavy atom. The number of carboxylic acid groups (broad SMARTS) is 1. The van der Waals surface area contributed by atoms with Crippen LogP contribution in [-0.2, 0) is 18.3 Å². The maximum absolute atomic E-state index is 11.1. The van der Waals surface area contributed by atoms with E-state index in [1.807, 2.05) is 0 Å². The van der Waals surface area contributed by atoms with Crippen LogP contribution >= 0.6 is 0 Å². The molecule has 1 aliphatic carbocycles. The highest BCUT2D eigenvalue weighted by molar-refractivity contribution is 5.88. The van der Waals surface area contributed by atoms with E-state index in [0.717, 1.165) is 6.42 Å². The maximum atomic E-state index is 11.1. The molecule has 1 heterocycles. The molecule has 1 aromatic rings. The Hall–Kier alpha value is -1.40. The number of aromatic carboxylic acids is 1. The third-order valence-corrected chi connectivity index (χ3v) is 4.27. The number of aromatic nitrogens is 2. The van der Waals surface area contributed by atoms with Gasteiger partial charge >= 0.3 is 5.97 Å². The summed E-state index contributed by atoms with van der Waals surface area (Å²) in [6.07, 6.45) is 2.60. The molecule has 1 saturated carbocycles. The van der Waals surface area contributed by atoms with Crippen molar-refractivity contribution in [2.75, 3.05) is 7.11 Å². The molecule has 6 heteroatoms. The van der Waals surface area contributed by atoms with Crippen LogP contribution in [-0.4, -0.2) is 40.1 Å². The Labute approximate surface area is 112 Å². The third-order valence-electron chi connectivity index (χ3n) is 4.27. The molecule has 0 radical (unpaired) electrons. The van der Waals surface area contributed by atoms with Gasteiger partial charge < -0.3 is 15.2 Å². The molecule has 1 aliphatic rings. The average molecular weight is 267 g/mol. The number of ether oxygens (including phenoxy) is 1. The molecule has 0 bridgehead atoms. The molecule has 2 unspecified atom stereocenters. The highest BCUT2D eigenvalue weighted by Gasteiger charge is 2.48. The van der Waals surface area contributed by atoms with Crippen LogP contribution in [0.2, 0.25) is 0 Å². The van der Waals surface area contributed by atoms with Gasteiger partial charge in [-0.15, -0.1) is 0 Å². The van der Waals surface area contributed by atoms with Crippen LogP contribution in [0.5, 0.6) is 0 Å². The summed E-state index contributed by atoms with van der Waals surface area (Å²) < 4.78 is 7.01. The van der Waals surface area contributed by atoms with Crippen molar-refractivity contribution in [2.24, 2.45) is 12.5 Å². The van der Waals surface area contributed by atoms with E-state index in [1.54, 1.807) is 18.8 Å². The Kier molecular flexibility index (Phi) is 3.64. The molecule has 2 rings (SSSR count). The SMILES string of the molecule is COC1CC(NCc2c(C(=O)O)cnn2C)C1(C)C. The number of nitrogens with zero attached hydrogens (tertiary/aromatic N) is 2. The first-order valence-electron chi connectivity index (χ1n) is 6.38. The lowest BCUT2D eigenvalue weighted by Gasteiger charge is -2.51. The smallest absolute Gasteiger partial charge is 0.339 e. The molecular weight excluding hydrogens is 246 g/mol. The van der Waals surface area contributed by atoms with Crippen molar-refractivity contribution in [1.29, 1.82) is 0 Å². The second-order valence-corrected chi connectivity index (χ2v) is 5.65. The summed E-state index contributed by atoms with van der Waals surface area (Å²) in [7, 11) is 3.49. The van der Waals surface area contributed by atoms with Crippen molar-refractivity contribution in [2.45, 2.75) is 39.0 Å². The molecular formula is C13H21N3O3. The van der Waals surface area contributed by atoms with Gasteiger partial charge in [-0.05, 0) is 6.42 Å². The van der Waals surface area contributed by atoms with Gasteiger partial charge in [0.25, 0.3) is 0 Å². The number of aryl methyl sites for hydroxylation is 1. The Morgan fingerprint density at radius 3 is 2.89 bits per heavy atom. The topological polar surface area (TPSA) is 76.4 Å². The quantitative estimate of drug-likeness (QED) is 0.833. The van der Waals surface area contributed by atoms with Gasteiger partial charge in [-0.3, -0.25) is 4.68 Å². The number of carbonyl (C=O) groups is 1. The van der Waals surface area contributed by atoms with Crippen molar-refractivity contribution in [3.63, 3.8) is 0 Å². The lowest BCUT2D eigenvalue weighted by atomic mass is 9.64. The monoisotopic (exact) mass is 267 g/mol. The van der Waals surface area contributed by atoms with E-state index in [4.69, 9.17) is 9.84 Å². The molecule has 6 nitrogen and oxygen atoms in total. The van der Waals surface area contributed by atoms with Crippen molar-refractivity contribution < 1.29 is 14.6 Å². The van der Waals surface area contributed by atoms with Gasteiger partial charge in [0.05, 0.1) is 18.0 Å². The average Bonchev–Trinajstić information content (AvgIpc) is 2.70. The molecule has 106 valence electrons. The first-order valence-corrected chi connectivity index (χ1v) is 6.38. The lowest BCUT2D eigenvalue weighted by molar-refractivity contribution is -0.0980. The van der Waals surface area contributed by atoms with E-state index >= 15 is 0 Å². The van der Waals surface area contributed by atoms with Crippen LogP contribution in [0.1, 0.15) is 36.3 Å². The second kappa shape index (κ2) is 4.94. The predicted molar refractivity (Wildman–Crippen MR) is 70.0 cm³/mol. The summed E-state index contributed by atoms with van der Waals surface area (Å²) in [5, 5.41) is 16.5. The van der Waals surface area contributed by atoms with Gasteiger partial charge in [0, 0.05) is 32.2 Å². The van der Waals surface area contributed by atoms with Gasteiger partial charge in [0.1, 0.15) is 5.56 Å². The Morgan fingerprint density at radius 1 is 1.68 bits per heavy atom. The van der Waals surface area contributed by atoms with Crippen molar-refractivity contribution >= 4 is 5.97 Å². The number of carboxylic acids is 1. The van der Waals surface area contributed by atoms with E-state index in [9.17, 15) is 4.79 Å². The Bertz CT molecular complexity index is 481. The summed E-state index contributed by atoms with van der Waals surface area (Å²) in [4.78, 5) is 11.1. The number of methoxy groups -OCH3 is 1. The van der Waals surface area contributed by atoms with Gasteiger partial charge in [-0.25, -0.2) is 4.79 Å². The zero-order chi connectivity index (χ0) is 14.2. The summed E-state index contributed by atoms with van der Waals surface area (Å²) in [6.45, 7) is 4.82. The van der Waals surface area contributed by atoms with E-state index in [0.29, 0.717) is 18.3 Å². The fourth-order valence-corrected chi connectivity index (χ4v) is 2.70. The molecule has 2 atom stereocenters. The normalized spacial score (nSPS) is 25.1. The number of hydrogen-bond donors (Lipinski definition) is 2. The molecule has 0 aromatic carbocycles. The van der Waals surface area contributed by atoms with Crippen LogP contribution in [0.3, 0.4) is 0 Å². The van der Waals surface area contributed by atoms with Gasteiger partial charge in [0.2, 0.25) is 0 Å². The summed E-state index contributed by atoms with van der Waals surface area (Å²) in [5.41, 5.74) is 1.02. The van der Waals surface area contributed by atoms with E-state index in [1.165, 1.54) is 6.20 Å². The van der Waals surface area contributed by atoms with Crippen LogP contribution in [0.4, 0.5) is 0 Å². The third kappa shape index (κ3) is 2.37. The minimum Gasteiger partial charge on any atom is -0.478 e. The van der Waals surface area contributed by atoms with Crippen molar-refractivity contribution in [1.82, 2.24) is 15.1 Å². The molecule has 1 aromatic heterocycles. The molecule has 0 saturated heterocycles. The fourth-order valence-electron chi connectivity index (χ4n) is 2.70. The van der Waals surface area contributed by atoms with Crippen molar-refractivity contribution in [3.05, 3.63) is 17.5 Å². The first-order chi connectivity index (χ1) is 8.87. The molecule has 2 N–H and O–H groups in total. The predicted octanol–water partition coefficient (Wildman–Crippen LogP) is 1.02. The first kappa shape index (κ1) is 14.0. The maximum Gasteiger partial charge on any atom is 0.339 e. The molecule has 1 fully saturated rings. The summed E-state index contributed by atoms with van der Waals surface area (Å²) in [6, 6.07) is 0.328. The minimum atomic E-state index is -0.937. The number of rotatable bonds is 5. The highest BCUT2D eigenvalue weighted by Crippen LogP contribution is 2.42. The summed E-state index contributed by atoms with van der Waals surface area (Å²) in [5.74, 6) is -0.937. The summed E-state index contributed by atoms with van der Waals surface area (Å²) >= 11 is 0. The van der Waals surface area contributed by atoms with Crippen molar-refractivity contribution in [3.8, 4) is 0 Å². The van der Waals surface area contributed by atoms with E-state index in [2.05, 4.69) is 24.3 Å². The van der Waals surface area contributed by atoms with Gasteiger partial charge in [-0.2, -0.15) is 5.10 Å². The molecule has 19 heavy (non-hydrogen) atoms.